The highest BCUT2D eigenvalue weighted by molar-refractivity contribution is 7.92. The van der Waals surface area contributed by atoms with Crippen molar-refractivity contribution in [3.63, 3.8) is 0 Å². The van der Waals surface area contributed by atoms with Crippen molar-refractivity contribution in [1.29, 1.82) is 0 Å². The molecule has 0 spiro atoms. The number of fused-ring (bicyclic) bond motifs is 1. The van der Waals surface area contributed by atoms with Crippen LogP contribution < -0.4 is 9.62 Å². The van der Waals surface area contributed by atoms with Crippen LogP contribution in [0.1, 0.15) is 18.4 Å². The Morgan fingerprint density at radius 2 is 1.63 bits per heavy atom. The van der Waals surface area contributed by atoms with E-state index in [4.69, 9.17) is 0 Å². The second-order valence-electron chi connectivity index (χ2n) is 7.46. The third kappa shape index (κ3) is 3.70. The van der Waals surface area contributed by atoms with Gasteiger partial charge in [-0.05, 0) is 55.2 Å². The lowest BCUT2D eigenvalue weighted by molar-refractivity contribution is -0.146. The molecule has 1 amide bonds. The van der Waals surface area contributed by atoms with E-state index in [2.05, 4.69) is 5.32 Å². The number of anilines is 2. The van der Waals surface area contributed by atoms with Gasteiger partial charge in [-0.15, -0.1) is 0 Å². The molecule has 2 aliphatic rings. The lowest BCUT2D eigenvalue weighted by Gasteiger charge is -2.24. The van der Waals surface area contributed by atoms with Gasteiger partial charge >= 0.3 is 5.97 Å². The second kappa shape index (κ2) is 7.95. The average molecular weight is 426 g/mol. The maximum atomic E-state index is 13.1. The number of benzene rings is 2. The molecule has 0 saturated carbocycles. The number of nitrogens with zero attached hydrogens (tertiary/aromatic N) is 1. The van der Waals surface area contributed by atoms with Gasteiger partial charge in [-0.25, -0.2) is 8.42 Å². The van der Waals surface area contributed by atoms with Crippen molar-refractivity contribution in [3.05, 3.63) is 66.2 Å². The average Bonchev–Trinajstić information content (AvgIpc) is 3.19. The predicted molar refractivity (Wildman–Crippen MR) is 113 cm³/mol. The number of aliphatic carboxylic acids is 1. The van der Waals surface area contributed by atoms with Crippen molar-refractivity contribution in [2.75, 3.05) is 16.2 Å². The van der Waals surface area contributed by atoms with E-state index in [9.17, 15) is 23.1 Å². The number of sulfonamides is 1. The summed E-state index contributed by atoms with van der Waals surface area (Å²) in [5, 5.41) is 12.1. The summed E-state index contributed by atoms with van der Waals surface area (Å²) in [6, 6.07) is 13.4. The first-order valence-corrected chi connectivity index (χ1v) is 11.2. The summed E-state index contributed by atoms with van der Waals surface area (Å²) in [6.07, 6.45) is 4.95. The van der Waals surface area contributed by atoms with E-state index < -0.39 is 27.8 Å². The van der Waals surface area contributed by atoms with Crippen LogP contribution in [0.4, 0.5) is 11.4 Å². The zero-order valence-electron chi connectivity index (χ0n) is 16.2. The first-order chi connectivity index (χ1) is 14.4. The van der Waals surface area contributed by atoms with Crippen LogP contribution in [0.3, 0.4) is 0 Å². The molecule has 0 unspecified atom stereocenters. The number of carboxylic acids is 1. The molecule has 7 nitrogen and oxygen atoms in total. The maximum Gasteiger partial charge on any atom is 0.307 e. The molecule has 2 aromatic rings. The number of carbonyl (C=O) groups excluding carboxylic acids is 1. The monoisotopic (exact) mass is 426 g/mol. The standard InChI is InChI=1S/C22H22N2O5S/c25-21(18-6-2-3-7-19(18)22(26)27)23-16-9-11-17(12-10-16)30(28,29)24-14-13-15-5-1-4-8-20(15)24/h1-5,8-12,18-19H,6-7,13-14H2,(H,23,25)(H,26,27)/t18-,19+/m0/s1. The predicted octanol–water partition coefficient (Wildman–Crippen LogP) is 3.04. The molecule has 0 saturated heterocycles. The van der Waals surface area contributed by atoms with Crippen LogP contribution in [0, 0.1) is 11.8 Å². The van der Waals surface area contributed by atoms with Crippen LogP contribution in [0.5, 0.6) is 0 Å². The van der Waals surface area contributed by atoms with Crippen molar-refractivity contribution in [3.8, 4) is 0 Å². The summed E-state index contributed by atoms with van der Waals surface area (Å²) in [7, 11) is -3.70. The van der Waals surface area contributed by atoms with Crippen LogP contribution in [0.2, 0.25) is 0 Å². The van der Waals surface area contributed by atoms with Gasteiger partial charge < -0.3 is 10.4 Å². The van der Waals surface area contributed by atoms with E-state index in [-0.39, 0.29) is 10.8 Å². The molecule has 1 aliphatic carbocycles. The number of carbonyl (C=O) groups is 2. The number of allylic oxidation sites excluding steroid dienone is 2. The highest BCUT2D eigenvalue weighted by Crippen LogP contribution is 2.33. The van der Waals surface area contributed by atoms with Crippen molar-refractivity contribution < 1.29 is 23.1 Å². The molecule has 0 radical (unpaired) electrons. The van der Waals surface area contributed by atoms with Gasteiger partial charge in [0.25, 0.3) is 10.0 Å². The SMILES string of the molecule is O=C(Nc1ccc(S(=O)(=O)N2CCc3ccccc32)cc1)[C@H]1CC=CC[C@H]1C(=O)O. The zero-order valence-corrected chi connectivity index (χ0v) is 17.0. The Balaban J connectivity index is 1.50. The number of hydrogen-bond acceptors (Lipinski definition) is 4. The van der Waals surface area contributed by atoms with Gasteiger partial charge in [0.2, 0.25) is 5.91 Å². The van der Waals surface area contributed by atoms with Crippen molar-refractivity contribution in [2.45, 2.75) is 24.2 Å². The number of hydrogen-bond donors (Lipinski definition) is 2. The van der Waals surface area contributed by atoms with E-state index in [1.54, 1.807) is 12.1 Å². The summed E-state index contributed by atoms with van der Waals surface area (Å²) >= 11 is 0. The van der Waals surface area contributed by atoms with Gasteiger partial charge in [-0.3, -0.25) is 13.9 Å². The van der Waals surface area contributed by atoms with E-state index in [0.29, 0.717) is 37.2 Å². The van der Waals surface area contributed by atoms with Gasteiger partial charge in [0.1, 0.15) is 0 Å². The van der Waals surface area contributed by atoms with Crippen molar-refractivity contribution in [1.82, 2.24) is 0 Å². The molecule has 8 heteroatoms. The van der Waals surface area contributed by atoms with Crippen LogP contribution >= 0.6 is 0 Å². The minimum atomic E-state index is -3.70. The lowest BCUT2D eigenvalue weighted by Crippen LogP contribution is -2.34. The number of nitrogens with one attached hydrogen (secondary N) is 1. The highest BCUT2D eigenvalue weighted by Gasteiger charge is 2.34. The topological polar surface area (TPSA) is 104 Å². The van der Waals surface area contributed by atoms with Crippen LogP contribution in [-0.2, 0) is 26.0 Å². The highest BCUT2D eigenvalue weighted by atomic mass is 32.2. The van der Waals surface area contributed by atoms with Crippen LogP contribution in [0.25, 0.3) is 0 Å². The zero-order chi connectivity index (χ0) is 21.3. The third-order valence-electron chi connectivity index (χ3n) is 5.64. The van der Waals surface area contributed by atoms with Gasteiger partial charge in [0, 0.05) is 12.2 Å². The maximum absolute atomic E-state index is 13.1. The first kappa shape index (κ1) is 20.2. The molecule has 4 rings (SSSR count). The third-order valence-corrected chi connectivity index (χ3v) is 7.47. The molecule has 0 bridgehead atoms. The summed E-state index contributed by atoms with van der Waals surface area (Å²) in [4.78, 5) is 24.1. The summed E-state index contributed by atoms with van der Waals surface area (Å²) in [6.45, 7) is 0.395. The second-order valence-corrected chi connectivity index (χ2v) is 9.33. The molecule has 1 aliphatic heterocycles. The Morgan fingerprint density at radius 3 is 2.33 bits per heavy atom. The van der Waals surface area contributed by atoms with Gasteiger partial charge in [0.05, 0.1) is 22.4 Å². The minimum absolute atomic E-state index is 0.140. The fourth-order valence-corrected chi connectivity index (χ4v) is 5.51. The molecule has 0 aromatic heterocycles. The van der Waals surface area contributed by atoms with Crippen molar-refractivity contribution in [2.24, 2.45) is 11.8 Å². The summed E-state index contributed by atoms with van der Waals surface area (Å²) in [5.74, 6) is -2.79. The minimum Gasteiger partial charge on any atom is -0.481 e. The fraction of sp³-hybridized carbons (Fsp3) is 0.273. The lowest BCUT2D eigenvalue weighted by atomic mass is 9.82. The van der Waals surface area contributed by atoms with E-state index in [1.807, 2.05) is 24.3 Å². The molecule has 2 aromatic carbocycles. The number of carboxylic acid groups (broad SMARTS) is 1. The Hall–Kier alpha value is -3.13. The smallest absolute Gasteiger partial charge is 0.307 e. The van der Waals surface area contributed by atoms with Gasteiger partial charge in [0.15, 0.2) is 0 Å². The summed E-state index contributed by atoms with van der Waals surface area (Å²) in [5.41, 5.74) is 2.12. The fourth-order valence-electron chi connectivity index (χ4n) is 4.01. The molecule has 2 N–H and O–H groups in total. The van der Waals surface area contributed by atoms with E-state index in [1.165, 1.54) is 28.6 Å². The van der Waals surface area contributed by atoms with Crippen LogP contribution in [0.15, 0.2) is 65.6 Å². The Morgan fingerprint density at radius 1 is 0.967 bits per heavy atom. The Bertz CT molecular complexity index is 1110. The van der Waals surface area contributed by atoms with Gasteiger partial charge in [-0.1, -0.05) is 30.4 Å². The molecule has 2 atom stereocenters. The molecule has 30 heavy (non-hydrogen) atoms. The normalized spacial score (nSPS) is 20.6. The molecular formula is C22H22N2O5S. The Kier molecular flexibility index (Phi) is 5.34. The Labute approximate surface area is 175 Å². The molecular weight excluding hydrogens is 404 g/mol. The van der Waals surface area contributed by atoms with Crippen LogP contribution in [-0.4, -0.2) is 31.9 Å². The summed E-state index contributed by atoms with van der Waals surface area (Å²) < 4.78 is 27.5. The largest absolute Gasteiger partial charge is 0.481 e. The number of rotatable bonds is 5. The van der Waals surface area contributed by atoms with E-state index in [0.717, 1.165) is 5.56 Å². The molecule has 1 heterocycles. The molecule has 156 valence electrons. The number of para-hydroxylation sites is 1. The van der Waals surface area contributed by atoms with Crippen molar-refractivity contribution >= 4 is 33.3 Å². The quantitative estimate of drug-likeness (QED) is 0.715. The molecule has 0 fully saturated rings. The van der Waals surface area contributed by atoms with E-state index >= 15 is 0 Å². The number of amides is 1. The van der Waals surface area contributed by atoms with Gasteiger partial charge in [-0.2, -0.15) is 0 Å². The first-order valence-electron chi connectivity index (χ1n) is 9.77.